The highest BCUT2D eigenvalue weighted by molar-refractivity contribution is 7.55. The van der Waals surface area contributed by atoms with Crippen molar-refractivity contribution in [2.45, 2.75) is 52.0 Å². The Morgan fingerprint density at radius 2 is 1.81 bits per heavy atom. The number of aliphatic hydroxyl groups is 1. The van der Waals surface area contributed by atoms with E-state index in [-0.39, 0.29) is 24.5 Å². The van der Waals surface area contributed by atoms with E-state index in [1.165, 1.54) is 39.8 Å². The summed E-state index contributed by atoms with van der Waals surface area (Å²) in [4.78, 5) is 12.6. The zero-order chi connectivity index (χ0) is 20.6. The van der Waals surface area contributed by atoms with Crippen LogP contribution in [0.5, 0.6) is 0 Å². The molecule has 1 heterocycles. The summed E-state index contributed by atoms with van der Waals surface area (Å²) >= 11 is 0. The van der Waals surface area contributed by atoms with Crippen LogP contribution in [0.3, 0.4) is 0 Å². The lowest BCUT2D eigenvalue weighted by molar-refractivity contribution is -0.173. The first-order valence-electron chi connectivity index (χ1n) is 8.48. The number of Topliss-reactive ketones (excluding diaryl/α,β-unsaturated/α-hetero) is 1. The molecule has 152 valence electrons. The van der Waals surface area contributed by atoms with Gasteiger partial charge in [0.25, 0.3) is 5.60 Å². The van der Waals surface area contributed by atoms with Crippen molar-refractivity contribution in [1.82, 2.24) is 0 Å². The van der Waals surface area contributed by atoms with Crippen LogP contribution in [-0.4, -0.2) is 41.5 Å². The third-order valence-corrected chi connectivity index (χ3v) is 6.04. The zero-order valence-electron chi connectivity index (χ0n) is 15.7. The van der Waals surface area contributed by atoms with Gasteiger partial charge in [0, 0.05) is 0 Å². The quantitative estimate of drug-likeness (QED) is 0.619. The van der Waals surface area contributed by atoms with Crippen LogP contribution >= 0.6 is 7.60 Å². The lowest BCUT2D eigenvalue weighted by Crippen LogP contribution is -2.63. The molecule has 1 atom stereocenters. The Labute approximate surface area is 155 Å². The molecule has 1 N–H and O–H groups in total. The molecule has 0 spiro atoms. The molecule has 1 aliphatic rings. The highest BCUT2D eigenvalue weighted by Gasteiger charge is 2.78. The number of aryl methyl sites for hydroxylation is 1. The van der Waals surface area contributed by atoms with Gasteiger partial charge in [0.05, 0.1) is 19.3 Å². The SMILES string of the molecule is CCOP(=O)(OCC)C(F)(F)C1(O)C(=O)C(c2ccc(C)o2)=C1OC(C)C. The average Bonchev–Trinajstić information content (AvgIpc) is 2.99. The van der Waals surface area contributed by atoms with Crippen molar-refractivity contribution in [2.24, 2.45) is 0 Å². The van der Waals surface area contributed by atoms with Gasteiger partial charge in [-0.15, -0.1) is 0 Å². The normalized spacial score (nSPS) is 21.0. The molecule has 1 aliphatic carbocycles. The Hall–Kier alpha value is -1.54. The fourth-order valence-corrected chi connectivity index (χ4v) is 4.37. The molecule has 0 bridgehead atoms. The maximum absolute atomic E-state index is 15.2. The van der Waals surface area contributed by atoms with E-state index >= 15 is 8.78 Å². The molecule has 2 rings (SSSR count). The first kappa shape index (κ1) is 21.8. The molecule has 0 aromatic carbocycles. The number of alkyl halides is 2. The van der Waals surface area contributed by atoms with Crippen LogP contribution in [0.1, 0.15) is 39.2 Å². The van der Waals surface area contributed by atoms with Crippen molar-refractivity contribution in [3.63, 3.8) is 0 Å². The van der Waals surface area contributed by atoms with Gasteiger partial charge in [-0.05, 0) is 46.8 Å². The Bertz CT molecular complexity index is 789. The van der Waals surface area contributed by atoms with Crippen LogP contribution in [0.15, 0.2) is 22.3 Å². The van der Waals surface area contributed by atoms with E-state index in [1.54, 1.807) is 6.92 Å². The van der Waals surface area contributed by atoms with Crippen LogP contribution in [0.2, 0.25) is 0 Å². The summed E-state index contributed by atoms with van der Waals surface area (Å²) in [6.45, 7) is 6.61. The summed E-state index contributed by atoms with van der Waals surface area (Å²) in [5, 5.41) is 10.7. The Balaban J connectivity index is 2.64. The van der Waals surface area contributed by atoms with Gasteiger partial charge in [-0.25, -0.2) is 0 Å². The molecule has 0 aliphatic heterocycles. The Morgan fingerprint density at radius 1 is 1.26 bits per heavy atom. The molecule has 1 unspecified atom stereocenters. The van der Waals surface area contributed by atoms with Crippen molar-refractivity contribution in [2.75, 3.05) is 13.2 Å². The van der Waals surface area contributed by atoms with E-state index in [9.17, 15) is 14.5 Å². The van der Waals surface area contributed by atoms with Gasteiger partial charge in [0.15, 0.2) is 5.76 Å². The van der Waals surface area contributed by atoms with Crippen LogP contribution < -0.4 is 0 Å². The molecule has 10 heteroatoms. The number of hydrogen-bond acceptors (Lipinski definition) is 7. The number of ether oxygens (including phenoxy) is 1. The highest BCUT2D eigenvalue weighted by Crippen LogP contribution is 2.69. The van der Waals surface area contributed by atoms with Gasteiger partial charge in [0.2, 0.25) is 5.78 Å². The van der Waals surface area contributed by atoms with Crippen molar-refractivity contribution in [3.05, 3.63) is 29.4 Å². The van der Waals surface area contributed by atoms with Gasteiger partial charge in [-0.3, -0.25) is 9.36 Å². The number of carbonyl (C=O) groups is 1. The standard InChI is InChI=1S/C17H23F2O7P/c1-6-23-27(22,24-7-2)17(18,19)16(21)14(20)13(15(16)25-10(3)4)12-9-8-11(5)26-12/h8-10,21H,6-7H2,1-5H3. The number of furan rings is 1. The molecule has 27 heavy (non-hydrogen) atoms. The number of rotatable bonds is 9. The zero-order valence-corrected chi connectivity index (χ0v) is 16.6. The average molecular weight is 408 g/mol. The number of halogens is 2. The predicted octanol–water partition coefficient (Wildman–Crippen LogP) is 3.90. The molecule has 0 saturated carbocycles. The van der Waals surface area contributed by atoms with Crippen molar-refractivity contribution in [1.29, 1.82) is 0 Å². The number of hydrogen-bond donors (Lipinski definition) is 1. The monoisotopic (exact) mass is 408 g/mol. The Morgan fingerprint density at radius 3 is 2.22 bits per heavy atom. The summed E-state index contributed by atoms with van der Waals surface area (Å²) < 4.78 is 63.1. The van der Waals surface area contributed by atoms with Gasteiger partial charge in [0.1, 0.15) is 17.1 Å². The lowest BCUT2D eigenvalue weighted by atomic mass is 9.76. The highest BCUT2D eigenvalue weighted by atomic mass is 31.2. The van der Waals surface area contributed by atoms with Crippen molar-refractivity contribution < 1.29 is 41.4 Å². The van der Waals surface area contributed by atoms with Crippen LogP contribution in [0, 0.1) is 6.92 Å². The fourth-order valence-electron chi connectivity index (χ4n) is 2.69. The van der Waals surface area contributed by atoms with E-state index in [2.05, 4.69) is 9.05 Å². The molecular formula is C17H23F2O7P. The van der Waals surface area contributed by atoms with Gasteiger partial charge >= 0.3 is 13.3 Å². The second kappa shape index (κ2) is 7.47. The molecule has 0 radical (unpaired) electrons. The molecule has 0 saturated heterocycles. The topological polar surface area (TPSA) is 95.2 Å². The van der Waals surface area contributed by atoms with Gasteiger partial charge < -0.3 is 23.3 Å². The van der Waals surface area contributed by atoms with E-state index < -0.39 is 36.5 Å². The first-order valence-corrected chi connectivity index (χ1v) is 10.0. The molecule has 0 fully saturated rings. The van der Waals surface area contributed by atoms with Gasteiger partial charge in [-0.2, -0.15) is 8.78 Å². The number of carbonyl (C=O) groups excluding carboxylic acids is 1. The third-order valence-electron chi connectivity index (χ3n) is 3.83. The van der Waals surface area contributed by atoms with E-state index in [1.807, 2.05) is 0 Å². The summed E-state index contributed by atoms with van der Waals surface area (Å²) in [6, 6.07) is 2.93. The minimum atomic E-state index is -5.19. The molecule has 1 aromatic rings. The van der Waals surface area contributed by atoms with E-state index in [0.717, 1.165) is 0 Å². The molecule has 0 amide bonds. The summed E-state index contributed by atoms with van der Waals surface area (Å²) in [5.41, 5.74) is -8.40. The molecular weight excluding hydrogens is 385 g/mol. The Kier molecular flexibility index (Phi) is 6.02. The second-order valence-corrected chi connectivity index (χ2v) is 8.27. The minimum absolute atomic E-state index is 0.0312. The summed E-state index contributed by atoms with van der Waals surface area (Å²) in [6.07, 6.45) is -0.653. The largest absolute Gasteiger partial charge is 0.491 e. The maximum Gasteiger partial charge on any atom is 0.403 e. The van der Waals surface area contributed by atoms with E-state index in [0.29, 0.717) is 5.76 Å². The van der Waals surface area contributed by atoms with Crippen molar-refractivity contribution >= 4 is 19.0 Å². The lowest BCUT2D eigenvalue weighted by Gasteiger charge is -2.44. The fraction of sp³-hybridized carbons (Fsp3) is 0.588. The van der Waals surface area contributed by atoms with Crippen molar-refractivity contribution in [3.8, 4) is 0 Å². The third kappa shape index (κ3) is 3.27. The second-order valence-electron chi connectivity index (χ2n) is 6.19. The van der Waals surface area contributed by atoms with Crippen LogP contribution in [0.4, 0.5) is 8.78 Å². The molecule has 1 aromatic heterocycles. The summed E-state index contributed by atoms with van der Waals surface area (Å²) in [7, 11) is -5.19. The number of ketones is 1. The minimum Gasteiger partial charge on any atom is -0.491 e. The smallest absolute Gasteiger partial charge is 0.403 e. The van der Waals surface area contributed by atoms with Gasteiger partial charge in [-0.1, -0.05) is 0 Å². The molecule has 7 nitrogen and oxygen atoms in total. The van der Waals surface area contributed by atoms with E-state index in [4.69, 9.17) is 9.15 Å². The maximum atomic E-state index is 15.2. The summed E-state index contributed by atoms with van der Waals surface area (Å²) in [5.74, 6) is -1.69. The van der Waals surface area contributed by atoms with Crippen LogP contribution in [-0.2, 0) is 23.1 Å². The van der Waals surface area contributed by atoms with Crippen LogP contribution in [0.25, 0.3) is 5.57 Å². The predicted molar refractivity (Wildman–Crippen MR) is 92.3 cm³/mol. The first-order chi connectivity index (χ1) is 12.5.